The summed E-state index contributed by atoms with van der Waals surface area (Å²) in [5.74, 6) is -0.180. The van der Waals surface area contributed by atoms with Gasteiger partial charge in [0, 0.05) is 18.7 Å². The molecule has 0 heterocycles. The molecule has 0 radical (unpaired) electrons. The van der Waals surface area contributed by atoms with Gasteiger partial charge < -0.3 is 5.32 Å². The molecule has 0 fully saturated rings. The van der Waals surface area contributed by atoms with Gasteiger partial charge in [-0.1, -0.05) is 31.9 Å². The number of hydrogen-bond acceptors (Lipinski definition) is 3. The second-order valence-corrected chi connectivity index (χ2v) is 8.36. The Morgan fingerprint density at radius 1 is 1.04 bits per heavy atom. The zero-order valence-electron chi connectivity index (χ0n) is 16.2. The lowest BCUT2D eigenvalue weighted by Gasteiger charge is -2.23. The number of carbonyl (C=O) groups excluding carboxylic acids is 1. The molecule has 146 valence electrons. The van der Waals surface area contributed by atoms with Gasteiger partial charge >= 0.3 is 0 Å². The number of nitrogens with one attached hydrogen (secondary N) is 1. The van der Waals surface area contributed by atoms with Gasteiger partial charge in [-0.05, 0) is 62.2 Å². The van der Waals surface area contributed by atoms with E-state index < -0.39 is 10.0 Å². The topological polar surface area (TPSA) is 66.5 Å². The standard InChI is InChI=1S/C21H28N2O3S/c1-4-6-7-15-22-21(24)18-11-13-20(14-12-18)27(25,26)23(5-2)19-10-8-9-17(3)16-19/h8-14,16H,4-7,15H2,1-3H3,(H,22,24). The highest BCUT2D eigenvalue weighted by Crippen LogP contribution is 2.24. The van der Waals surface area contributed by atoms with E-state index in [9.17, 15) is 13.2 Å². The third kappa shape index (κ3) is 5.32. The fourth-order valence-corrected chi connectivity index (χ4v) is 4.32. The zero-order valence-corrected chi connectivity index (χ0v) is 17.1. The van der Waals surface area contributed by atoms with Crippen LogP contribution in [0, 0.1) is 6.92 Å². The number of amides is 1. The third-order valence-corrected chi connectivity index (χ3v) is 6.26. The largest absolute Gasteiger partial charge is 0.352 e. The number of nitrogens with zero attached hydrogens (tertiary/aromatic N) is 1. The molecule has 2 rings (SSSR count). The smallest absolute Gasteiger partial charge is 0.264 e. The Kier molecular flexibility index (Phi) is 7.42. The van der Waals surface area contributed by atoms with Crippen molar-refractivity contribution in [3.05, 3.63) is 59.7 Å². The molecule has 0 aliphatic carbocycles. The first-order chi connectivity index (χ1) is 12.9. The molecule has 1 amide bonds. The predicted octanol–water partition coefficient (Wildman–Crippen LogP) is 4.13. The summed E-state index contributed by atoms with van der Waals surface area (Å²) in [7, 11) is -3.69. The number of benzene rings is 2. The highest BCUT2D eigenvalue weighted by Gasteiger charge is 2.23. The van der Waals surface area contributed by atoms with Crippen LogP contribution in [0.5, 0.6) is 0 Å². The van der Waals surface area contributed by atoms with Crippen LogP contribution in [0.4, 0.5) is 5.69 Å². The molecule has 0 aliphatic heterocycles. The highest BCUT2D eigenvalue weighted by molar-refractivity contribution is 7.92. The van der Waals surface area contributed by atoms with Crippen LogP contribution in [-0.4, -0.2) is 27.4 Å². The van der Waals surface area contributed by atoms with Crippen LogP contribution in [0.1, 0.15) is 49.0 Å². The molecule has 0 atom stereocenters. The molecule has 0 aromatic heterocycles. The molecule has 0 saturated carbocycles. The fraction of sp³-hybridized carbons (Fsp3) is 0.381. The van der Waals surface area contributed by atoms with Crippen molar-refractivity contribution in [3.63, 3.8) is 0 Å². The van der Waals surface area contributed by atoms with Crippen molar-refractivity contribution < 1.29 is 13.2 Å². The van der Waals surface area contributed by atoms with E-state index in [-0.39, 0.29) is 10.8 Å². The van der Waals surface area contributed by atoms with Crippen LogP contribution in [-0.2, 0) is 10.0 Å². The maximum atomic E-state index is 13.0. The molecule has 27 heavy (non-hydrogen) atoms. The van der Waals surface area contributed by atoms with Crippen LogP contribution in [0.3, 0.4) is 0 Å². The molecule has 2 aromatic rings. The van der Waals surface area contributed by atoms with Crippen molar-refractivity contribution in [2.75, 3.05) is 17.4 Å². The van der Waals surface area contributed by atoms with Crippen LogP contribution < -0.4 is 9.62 Å². The number of rotatable bonds is 9. The first-order valence-corrected chi connectivity index (χ1v) is 10.8. The number of hydrogen-bond donors (Lipinski definition) is 1. The van der Waals surface area contributed by atoms with Crippen molar-refractivity contribution >= 4 is 21.6 Å². The lowest BCUT2D eigenvalue weighted by Crippen LogP contribution is -2.31. The molecular formula is C21H28N2O3S. The fourth-order valence-electron chi connectivity index (χ4n) is 2.86. The molecule has 0 unspecified atom stereocenters. The lowest BCUT2D eigenvalue weighted by atomic mass is 10.2. The van der Waals surface area contributed by atoms with E-state index in [0.717, 1.165) is 24.8 Å². The Morgan fingerprint density at radius 2 is 1.74 bits per heavy atom. The zero-order chi connectivity index (χ0) is 19.9. The van der Waals surface area contributed by atoms with E-state index in [0.29, 0.717) is 24.3 Å². The van der Waals surface area contributed by atoms with Gasteiger partial charge in [-0.3, -0.25) is 9.10 Å². The SMILES string of the molecule is CCCCCNC(=O)c1ccc(S(=O)(=O)N(CC)c2cccc(C)c2)cc1. The molecule has 0 aliphatic rings. The average molecular weight is 389 g/mol. The van der Waals surface area contributed by atoms with Gasteiger partial charge in [0.2, 0.25) is 0 Å². The van der Waals surface area contributed by atoms with Crippen molar-refractivity contribution in [2.24, 2.45) is 0 Å². The van der Waals surface area contributed by atoms with E-state index in [1.54, 1.807) is 25.1 Å². The van der Waals surface area contributed by atoms with Gasteiger partial charge in [-0.15, -0.1) is 0 Å². The Bertz CT molecular complexity index is 861. The van der Waals surface area contributed by atoms with Crippen LogP contribution in [0.2, 0.25) is 0 Å². The Labute approximate surface area is 162 Å². The Balaban J connectivity index is 2.17. The minimum Gasteiger partial charge on any atom is -0.352 e. The number of unbranched alkanes of at least 4 members (excludes halogenated alkanes) is 2. The molecule has 1 N–H and O–H groups in total. The quantitative estimate of drug-likeness (QED) is 0.657. The Hall–Kier alpha value is -2.34. The summed E-state index contributed by atoms with van der Waals surface area (Å²) in [5, 5.41) is 2.86. The first kappa shape index (κ1) is 21.0. The lowest BCUT2D eigenvalue weighted by molar-refractivity contribution is 0.0953. The number of carbonyl (C=O) groups is 1. The van der Waals surface area contributed by atoms with Gasteiger partial charge in [0.25, 0.3) is 15.9 Å². The maximum absolute atomic E-state index is 13.0. The maximum Gasteiger partial charge on any atom is 0.264 e. The summed E-state index contributed by atoms with van der Waals surface area (Å²) in [6.07, 6.45) is 3.11. The van der Waals surface area contributed by atoms with E-state index >= 15 is 0 Å². The summed E-state index contributed by atoms with van der Waals surface area (Å²) in [5.41, 5.74) is 2.09. The molecule has 6 heteroatoms. The minimum atomic E-state index is -3.69. The summed E-state index contributed by atoms with van der Waals surface area (Å²) >= 11 is 0. The van der Waals surface area contributed by atoms with E-state index in [4.69, 9.17) is 0 Å². The van der Waals surface area contributed by atoms with Crippen LogP contribution in [0.15, 0.2) is 53.4 Å². The van der Waals surface area contributed by atoms with E-state index in [2.05, 4.69) is 12.2 Å². The second kappa shape index (κ2) is 9.55. The Morgan fingerprint density at radius 3 is 2.33 bits per heavy atom. The number of aryl methyl sites for hydroxylation is 1. The first-order valence-electron chi connectivity index (χ1n) is 9.37. The number of sulfonamides is 1. The van der Waals surface area contributed by atoms with Gasteiger partial charge in [0.15, 0.2) is 0 Å². The monoisotopic (exact) mass is 388 g/mol. The third-order valence-electron chi connectivity index (χ3n) is 4.35. The summed E-state index contributed by atoms with van der Waals surface area (Å²) in [6, 6.07) is 13.5. The molecule has 0 bridgehead atoms. The predicted molar refractivity (Wildman–Crippen MR) is 110 cm³/mol. The number of anilines is 1. The van der Waals surface area contributed by atoms with Crippen molar-refractivity contribution in [1.82, 2.24) is 5.32 Å². The molecule has 0 spiro atoms. The molecule has 5 nitrogen and oxygen atoms in total. The summed E-state index contributed by atoms with van der Waals surface area (Å²) in [6.45, 7) is 6.79. The minimum absolute atomic E-state index is 0.174. The van der Waals surface area contributed by atoms with Crippen molar-refractivity contribution in [3.8, 4) is 0 Å². The van der Waals surface area contributed by atoms with Crippen LogP contribution in [0.25, 0.3) is 0 Å². The van der Waals surface area contributed by atoms with Crippen molar-refractivity contribution in [1.29, 1.82) is 0 Å². The molecule has 0 saturated heterocycles. The van der Waals surface area contributed by atoms with Gasteiger partial charge in [0.05, 0.1) is 10.6 Å². The van der Waals surface area contributed by atoms with Gasteiger partial charge in [-0.2, -0.15) is 0 Å². The van der Waals surface area contributed by atoms with Crippen LogP contribution >= 0.6 is 0 Å². The van der Waals surface area contributed by atoms with E-state index in [1.165, 1.54) is 16.4 Å². The van der Waals surface area contributed by atoms with Gasteiger partial charge in [-0.25, -0.2) is 8.42 Å². The van der Waals surface area contributed by atoms with Crippen molar-refractivity contribution in [2.45, 2.75) is 44.9 Å². The molecular weight excluding hydrogens is 360 g/mol. The van der Waals surface area contributed by atoms with E-state index in [1.807, 2.05) is 25.1 Å². The van der Waals surface area contributed by atoms with Gasteiger partial charge in [0.1, 0.15) is 0 Å². The average Bonchev–Trinajstić information content (AvgIpc) is 2.65. The normalized spacial score (nSPS) is 11.2. The summed E-state index contributed by atoms with van der Waals surface area (Å²) < 4.78 is 27.4. The summed E-state index contributed by atoms with van der Waals surface area (Å²) in [4.78, 5) is 12.3. The molecule has 2 aromatic carbocycles. The highest BCUT2D eigenvalue weighted by atomic mass is 32.2. The second-order valence-electron chi connectivity index (χ2n) is 6.50.